The molecule has 1 aromatic carbocycles. The van der Waals surface area contributed by atoms with Gasteiger partial charge in [0.05, 0.1) is 6.54 Å². The second kappa shape index (κ2) is 20.6. The maximum absolute atomic E-state index is 14.5. The van der Waals surface area contributed by atoms with Gasteiger partial charge in [0.2, 0.25) is 17.6 Å². The summed E-state index contributed by atoms with van der Waals surface area (Å²) in [5.41, 5.74) is 0.00858. The number of benzene rings is 1. The lowest BCUT2D eigenvalue weighted by atomic mass is 9.83. The molecule has 2 aliphatic rings. The molecule has 6 amide bonds. The van der Waals surface area contributed by atoms with E-state index in [9.17, 15) is 37.2 Å². The van der Waals surface area contributed by atoms with Crippen LogP contribution in [-0.2, 0) is 40.7 Å². The SMILES string of the molecule is C=CCNC(=O)C(=O)CNC(=O)[C@@H]1[C@@H](C(C)C)CCN1C(=O)[C@@H](NC(=O)N[C@H](CN(C)S(=O)(=O)N(C)C(=O)OCc1ccccc1)C(C)(C)C)C1CCCCC1. The number of carbonyl (C=O) groups excluding carboxylic acids is 6. The predicted octanol–water partition coefficient (Wildman–Crippen LogP) is 2.96. The minimum atomic E-state index is -4.37. The Bertz CT molecular complexity index is 1660. The van der Waals surface area contributed by atoms with Crippen LogP contribution in [0.4, 0.5) is 9.59 Å². The van der Waals surface area contributed by atoms with Crippen LogP contribution in [0.15, 0.2) is 43.0 Å². The zero-order valence-corrected chi connectivity index (χ0v) is 34.7. The van der Waals surface area contributed by atoms with E-state index in [1.807, 2.05) is 34.6 Å². The van der Waals surface area contributed by atoms with Crippen molar-refractivity contribution >= 4 is 45.8 Å². The van der Waals surface area contributed by atoms with Gasteiger partial charge in [-0.05, 0) is 48.0 Å². The van der Waals surface area contributed by atoms with Crippen LogP contribution in [-0.4, -0.2) is 116 Å². The Hall–Kier alpha value is -4.51. The normalized spacial score (nSPS) is 18.8. The van der Waals surface area contributed by atoms with Crippen molar-refractivity contribution in [3.05, 3.63) is 48.6 Å². The summed E-state index contributed by atoms with van der Waals surface area (Å²) in [5, 5.41) is 10.7. The minimum Gasteiger partial charge on any atom is -0.444 e. The van der Waals surface area contributed by atoms with E-state index < -0.39 is 75.9 Å². The number of amides is 6. The van der Waals surface area contributed by atoms with Gasteiger partial charge in [0, 0.05) is 39.8 Å². The molecule has 3 rings (SSSR count). The molecule has 0 spiro atoms. The molecule has 1 aromatic rings. The molecule has 1 saturated carbocycles. The van der Waals surface area contributed by atoms with Crippen LogP contribution in [0.25, 0.3) is 0 Å². The highest BCUT2D eigenvalue weighted by molar-refractivity contribution is 7.87. The lowest BCUT2D eigenvalue weighted by Gasteiger charge is -2.38. The molecule has 1 saturated heterocycles. The Morgan fingerprint density at radius 2 is 1.61 bits per heavy atom. The van der Waals surface area contributed by atoms with Gasteiger partial charge < -0.3 is 30.9 Å². The summed E-state index contributed by atoms with van der Waals surface area (Å²) >= 11 is 0. The van der Waals surface area contributed by atoms with Crippen molar-refractivity contribution in [1.29, 1.82) is 0 Å². The molecule has 0 aromatic heterocycles. The number of hydrogen-bond acceptors (Lipinski definition) is 9. The third-order valence-corrected chi connectivity index (χ3v) is 12.4. The Labute approximate surface area is 331 Å². The van der Waals surface area contributed by atoms with E-state index >= 15 is 0 Å². The second-order valence-electron chi connectivity index (χ2n) is 16.0. The summed E-state index contributed by atoms with van der Waals surface area (Å²) < 4.78 is 33.6. The Balaban J connectivity index is 1.77. The Kier molecular flexibility index (Phi) is 16.9. The van der Waals surface area contributed by atoms with Crippen molar-refractivity contribution in [3.63, 3.8) is 0 Å². The quantitative estimate of drug-likeness (QED) is 0.135. The average molecular weight is 804 g/mol. The number of Topliss-reactive ketones (excluding diaryl/α,β-unsaturated/α-hetero) is 1. The third kappa shape index (κ3) is 12.5. The fourth-order valence-electron chi connectivity index (χ4n) is 7.08. The fraction of sp³-hybridized carbons (Fsp3) is 0.641. The topological polar surface area (TPSA) is 204 Å². The first kappa shape index (κ1) is 45.9. The van der Waals surface area contributed by atoms with Gasteiger partial charge in [0.15, 0.2) is 0 Å². The zero-order chi connectivity index (χ0) is 41.8. The van der Waals surface area contributed by atoms with Crippen molar-refractivity contribution in [2.75, 3.05) is 40.3 Å². The Morgan fingerprint density at radius 1 is 0.964 bits per heavy atom. The molecule has 1 aliphatic carbocycles. The third-order valence-electron chi connectivity index (χ3n) is 10.6. The first-order chi connectivity index (χ1) is 26.3. The molecule has 1 heterocycles. The number of ketones is 1. The highest BCUT2D eigenvalue weighted by atomic mass is 32.2. The number of carbonyl (C=O) groups is 6. The summed E-state index contributed by atoms with van der Waals surface area (Å²) in [6.07, 6.45) is 4.96. The van der Waals surface area contributed by atoms with Crippen LogP contribution in [0, 0.1) is 23.2 Å². The summed E-state index contributed by atoms with van der Waals surface area (Å²) in [5.74, 6) is -3.12. The number of likely N-dealkylation sites (tertiary alicyclic amines) is 1. The predicted molar refractivity (Wildman–Crippen MR) is 211 cm³/mol. The molecule has 0 unspecified atom stereocenters. The summed E-state index contributed by atoms with van der Waals surface area (Å²) in [7, 11) is -1.97. The molecule has 312 valence electrons. The minimum absolute atomic E-state index is 0.00473. The average Bonchev–Trinajstić information content (AvgIpc) is 3.62. The van der Waals surface area contributed by atoms with Gasteiger partial charge in [-0.25, -0.2) is 9.59 Å². The summed E-state index contributed by atoms with van der Waals surface area (Å²) in [4.78, 5) is 80.8. The molecule has 2 fully saturated rings. The molecule has 17 heteroatoms. The van der Waals surface area contributed by atoms with Gasteiger partial charge in [-0.15, -0.1) is 6.58 Å². The van der Waals surface area contributed by atoms with Crippen molar-refractivity contribution in [3.8, 4) is 0 Å². The van der Waals surface area contributed by atoms with Gasteiger partial charge in [-0.3, -0.25) is 19.2 Å². The highest BCUT2D eigenvalue weighted by Crippen LogP contribution is 2.34. The number of rotatable bonds is 17. The molecule has 4 atom stereocenters. The number of likely N-dealkylation sites (N-methyl/N-ethyl adjacent to an activating group) is 1. The number of nitrogens with one attached hydrogen (secondary N) is 4. The number of nitrogens with zero attached hydrogens (tertiary/aromatic N) is 3. The van der Waals surface area contributed by atoms with Crippen LogP contribution in [0.3, 0.4) is 0 Å². The van der Waals surface area contributed by atoms with E-state index in [-0.39, 0.29) is 44.0 Å². The van der Waals surface area contributed by atoms with Crippen molar-refractivity contribution in [1.82, 2.24) is 34.8 Å². The van der Waals surface area contributed by atoms with E-state index in [0.29, 0.717) is 29.1 Å². The van der Waals surface area contributed by atoms with Gasteiger partial charge >= 0.3 is 22.3 Å². The van der Waals surface area contributed by atoms with Crippen LogP contribution in [0.2, 0.25) is 0 Å². The molecule has 4 N–H and O–H groups in total. The first-order valence-electron chi connectivity index (χ1n) is 19.3. The fourth-order valence-corrected chi connectivity index (χ4v) is 8.08. The summed E-state index contributed by atoms with van der Waals surface area (Å²) in [6.45, 7) is 12.4. The zero-order valence-electron chi connectivity index (χ0n) is 33.8. The van der Waals surface area contributed by atoms with E-state index in [1.54, 1.807) is 30.3 Å². The van der Waals surface area contributed by atoms with Crippen LogP contribution in [0.1, 0.15) is 78.7 Å². The Morgan fingerprint density at radius 3 is 2.20 bits per heavy atom. The smallest absolute Gasteiger partial charge is 0.424 e. The van der Waals surface area contributed by atoms with Crippen molar-refractivity contribution < 1.29 is 41.9 Å². The molecular formula is C39H61N7O9S. The molecule has 1 aliphatic heterocycles. The van der Waals surface area contributed by atoms with Crippen LogP contribution >= 0.6 is 0 Å². The highest BCUT2D eigenvalue weighted by Gasteiger charge is 2.46. The number of urea groups is 1. The van der Waals surface area contributed by atoms with Crippen LogP contribution in [0.5, 0.6) is 0 Å². The standard InChI is InChI=1S/C39H61N7O9S/c1-9-21-40-34(48)30(47)23-41-35(49)33-29(26(2)3)20-22-46(33)36(50)32(28-18-14-11-15-19-28)43-37(51)42-31(39(4,5)6)24-44(7)56(53,54)45(8)38(52)55-25-27-16-12-10-13-17-27/h9-10,12-13,16-17,26,28-29,31-33H,1,11,14-15,18-25H2,2-8H3,(H,40,48)(H,41,49)(H2,42,43,51)/t29-,31-,32+,33+/m1/s1. The van der Waals surface area contributed by atoms with Gasteiger partial charge in [-0.1, -0.05) is 90.3 Å². The van der Waals surface area contributed by atoms with Gasteiger partial charge in [0.1, 0.15) is 18.7 Å². The number of hydrogen-bond donors (Lipinski definition) is 4. The van der Waals surface area contributed by atoms with Crippen LogP contribution < -0.4 is 21.3 Å². The number of ether oxygens (including phenoxy) is 1. The molecule has 0 radical (unpaired) electrons. The van der Waals surface area contributed by atoms with E-state index in [1.165, 1.54) is 18.0 Å². The lowest BCUT2D eigenvalue weighted by Crippen LogP contribution is -2.61. The van der Waals surface area contributed by atoms with Gasteiger partial charge in [0.25, 0.3) is 5.91 Å². The molecule has 16 nitrogen and oxygen atoms in total. The largest absolute Gasteiger partial charge is 0.444 e. The molecular weight excluding hydrogens is 743 g/mol. The van der Waals surface area contributed by atoms with Gasteiger partial charge in [-0.2, -0.15) is 17.0 Å². The molecule has 0 bridgehead atoms. The van der Waals surface area contributed by atoms with Crippen molar-refractivity contribution in [2.24, 2.45) is 23.2 Å². The summed E-state index contributed by atoms with van der Waals surface area (Å²) in [6, 6.07) is 5.45. The van der Waals surface area contributed by atoms with E-state index in [2.05, 4.69) is 27.8 Å². The van der Waals surface area contributed by atoms with E-state index in [4.69, 9.17) is 4.74 Å². The first-order valence-corrected chi connectivity index (χ1v) is 20.7. The maximum atomic E-state index is 14.5. The second-order valence-corrected chi connectivity index (χ2v) is 18.1. The van der Waals surface area contributed by atoms with E-state index in [0.717, 1.165) is 30.6 Å². The maximum Gasteiger partial charge on any atom is 0.424 e. The lowest BCUT2D eigenvalue weighted by molar-refractivity contribution is -0.143. The monoisotopic (exact) mass is 803 g/mol. The van der Waals surface area contributed by atoms with Crippen molar-refractivity contribution in [2.45, 2.75) is 97.9 Å². The molecule has 56 heavy (non-hydrogen) atoms.